The average molecular weight is 347 g/mol. The van der Waals surface area contributed by atoms with E-state index in [4.69, 9.17) is 0 Å². The van der Waals surface area contributed by atoms with E-state index in [1.807, 2.05) is 6.07 Å². The van der Waals surface area contributed by atoms with Gasteiger partial charge in [-0.3, -0.25) is 9.89 Å². The topological polar surface area (TPSA) is 90.1 Å². The predicted octanol–water partition coefficient (Wildman–Crippen LogP) is 2.38. The van der Waals surface area contributed by atoms with Crippen LogP contribution >= 0.6 is 0 Å². The summed E-state index contributed by atoms with van der Waals surface area (Å²) < 4.78 is 0. The lowest BCUT2D eigenvalue weighted by Gasteiger charge is -2.24. The van der Waals surface area contributed by atoms with E-state index in [9.17, 15) is 9.59 Å². The number of rotatable bonds is 4. The van der Waals surface area contributed by atoms with Crippen LogP contribution in [0.4, 0.5) is 4.79 Å². The fourth-order valence-electron chi connectivity index (χ4n) is 3.63. The third kappa shape index (κ3) is 4.52. The first kappa shape index (κ1) is 17.8. The van der Waals surface area contributed by atoms with Gasteiger partial charge in [-0.1, -0.05) is 33.1 Å². The fourth-order valence-corrected chi connectivity index (χ4v) is 3.63. The van der Waals surface area contributed by atoms with Gasteiger partial charge >= 0.3 is 6.03 Å². The first-order valence-corrected chi connectivity index (χ1v) is 9.44. The maximum Gasteiger partial charge on any atom is 0.315 e. The predicted molar refractivity (Wildman–Crippen MR) is 95.5 cm³/mol. The van der Waals surface area contributed by atoms with Crippen molar-refractivity contribution >= 4 is 11.9 Å². The average Bonchev–Trinajstić information content (AvgIpc) is 3.24. The van der Waals surface area contributed by atoms with Gasteiger partial charge in [-0.15, -0.1) is 0 Å². The highest BCUT2D eigenvalue weighted by atomic mass is 16.2. The number of amides is 3. The van der Waals surface area contributed by atoms with E-state index in [0.717, 1.165) is 25.0 Å². The maximum absolute atomic E-state index is 12.5. The van der Waals surface area contributed by atoms with Crippen LogP contribution in [-0.2, 0) is 0 Å². The van der Waals surface area contributed by atoms with Crippen LogP contribution in [0, 0.1) is 0 Å². The molecule has 0 spiro atoms. The second kappa shape index (κ2) is 7.89. The van der Waals surface area contributed by atoms with Gasteiger partial charge in [-0.05, 0) is 31.2 Å². The molecule has 2 aliphatic rings. The number of hydrogen-bond donors (Lipinski definition) is 3. The number of hydrogen-bond acceptors (Lipinski definition) is 3. The molecule has 0 aromatic carbocycles. The van der Waals surface area contributed by atoms with Crippen LogP contribution in [0.5, 0.6) is 0 Å². The molecule has 1 saturated heterocycles. The lowest BCUT2D eigenvalue weighted by Crippen LogP contribution is -2.47. The van der Waals surface area contributed by atoms with Crippen LogP contribution in [0.1, 0.15) is 74.5 Å². The molecule has 1 aromatic heterocycles. The van der Waals surface area contributed by atoms with Gasteiger partial charge < -0.3 is 15.5 Å². The van der Waals surface area contributed by atoms with Crippen LogP contribution in [0.15, 0.2) is 6.07 Å². The molecule has 138 valence electrons. The third-order valence-electron chi connectivity index (χ3n) is 5.19. The summed E-state index contributed by atoms with van der Waals surface area (Å²) in [6.45, 7) is 5.31. The second-order valence-corrected chi connectivity index (χ2v) is 7.55. The van der Waals surface area contributed by atoms with Gasteiger partial charge in [0.05, 0.1) is 0 Å². The molecule has 0 bridgehead atoms. The van der Waals surface area contributed by atoms with Gasteiger partial charge in [-0.25, -0.2) is 4.79 Å². The van der Waals surface area contributed by atoms with Crippen molar-refractivity contribution in [3.8, 4) is 0 Å². The van der Waals surface area contributed by atoms with Crippen molar-refractivity contribution in [2.75, 3.05) is 13.1 Å². The lowest BCUT2D eigenvalue weighted by molar-refractivity contribution is 0.0783. The van der Waals surface area contributed by atoms with Gasteiger partial charge in [0.15, 0.2) is 0 Å². The molecule has 2 fully saturated rings. The van der Waals surface area contributed by atoms with Crippen molar-refractivity contribution in [3.05, 3.63) is 17.5 Å². The zero-order valence-electron chi connectivity index (χ0n) is 15.2. The van der Waals surface area contributed by atoms with Crippen LogP contribution in [0.25, 0.3) is 0 Å². The number of urea groups is 1. The van der Waals surface area contributed by atoms with Crippen LogP contribution in [0.3, 0.4) is 0 Å². The molecule has 0 radical (unpaired) electrons. The summed E-state index contributed by atoms with van der Waals surface area (Å²) in [5.41, 5.74) is 1.42. The number of carbonyl (C=O) groups is 2. The highest BCUT2D eigenvalue weighted by Crippen LogP contribution is 2.18. The normalized spacial score (nSPS) is 21.6. The molecule has 7 nitrogen and oxygen atoms in total. The fraction of sp³-hybridized carbons (Fsp3) is 0.722. The van der Waals surface area contributed by atoms with Gasteiger partial charge in [0.25, 0.3) is 5.91 Å². The Hall–Kier alpha value is -2.05. The molecule has 2 heterocycles. The monoisotopic (exact) mass is 347 g/mol. The molecule has 1 aliphatic carbocycles. The van der Waals surface area contributed by atoms with E-state index in [2.05, 4.69) is 34.7 Å². The van der Waals surface area contributed by atoms with Crippen molar-refractivity contribution in [2.45, 2.75) is 70.4 Å². The summed E-state index contributed by atoms with van der Waals surface area (Å²) in [5, 5.41) is 13.1. The van der Waals surface area contributed by atoms with E-state index in [-0.39, 0.29) is 18.0 Å². The molecule has 3 rings (SSSR count). The molecule has 1 saturated carbocycles. The quantitative estimate of drug-likeness (QED) is 0.781. The van der Waals surface area contributed by atoms with Gasteiger partial charge in [0.1, 0.15) is 5.69 Å². The minimum Gasteiger partial charge on any atom is -0.335 e. The Morgan fingerprint density at radius 2 is 1.88 bits per heavy atom. The van der Waals surface area contributed by atoms with E-state index in [1.165, 1.54) is 19.3 Å². The lowest BCUT2D eigenvalue weighted by atomic mass is 9.96. The Bertz CT molecular complexity index is 606. The number of aromatic amines is 1. The molecular weight excluding hydrogens is 318 g/mol. The standard InChI is InChI=1S/C18H29N5O2/c1-12(2)15-10-16(22-21-15)17(24)23-9-8-14(11-23)20-18(25)19-13-6-4-3-5-7-13/h10,12-14H,3-9,11H2,1-2H3,(H,21,22)(H2,19,20,25)/t14-/m1/s1. The van der Waals surface area contributed by atoms with E-state index < -0.39 is 0 Å². The summed E-state index contributed by atoms with van der Waals surface area (Å²) >= 11 is 0. The highest BCUT2D eigenvalue weighted by molar-refractivity contribution is 5.92. The Morgan fingerprint density at radius 1 is 1.16 bits per heavy atom. The van der Waals surface area contributed by atoms with Gasteiger partial charge in [0.2, 0.25) is 0 Å². The summed E-state index contributed by atoms with van der Waals surface area (Å²) in [5.74, 6) is 0.241. The minimum atomic E-state index is -0.104. The van der Waals surface area contributed by atoms with E-state index in [1.54, 1.807) is 4.90 Å². The van der Waals surface area contributed by atoms with E-state index in [0.29, 0.717) is 30.7 Å². The number of aromatic nitrogens is 2. The van der Waals surface area contributed by atoms with Gasteiger partial charge in [0, 0.05) is 30.9 Å². The Morgan fingerprint density at radius 3 is 2.56 bits per heavy atom. The van der Waals surface area contributed by atoms with Crippen LogP contribution in [0.2, 0.25) is 0 Å². The largest absolute Gasteiger partial charge is 0.335 e. The van der Waals surface area contributed by atoms with Crippen molar-refractivity contribution < 1.29 is 9.59 Å². The first-order chi connectivity index (χ1) is 12.0. The molecule has 0 unspecified atom stereocenters. The molecule has 7 heteroatoms. The zero-order chi connectivity index (χ0) is 17.8. The number of nitrogens with zero attached hydrogens (tertiary/aromatic N) is 2. The van der Waals surface area contributed by atoms with E-state index >= 15 is 0 Å². The molecule has 3 N–H and O–H groups in total. The SMILES string of the molecule is CC(C)c1cc(C(=O)N2CC[C@@H](NC(=O)NC3CCCCC3)C2)n[nH]1. The maximum atomic E-state index is 12.5. The highest BCUT2D eigenvalue weighted by Gasteiger charge is 2.29. The van der Waals surface area contributed by atoms with Crippen molar-refractivity contribution in [2.24, 2.45) is 0 Å². The minimum absolute atomic E-state index is 0.0102. The Labute approximate surface area is 148 Å². The molecule has 1 aromatic rings. The van der Waals surface area contributed by atoms with Crippen molar-refractivity contribution in [3.63, 3.8) is 0 Å². The smallest absolute Gasteiger partial charge is 0.315 e. The number of carbonyl (C=O) groups excluding carboxylic acids is 2. The summed E-state index contributed by atoms with van der Waals surface area (Å²) in [6, 6.07) is 2.03. The summed E-state index contributed by atoms with van der Waals surface area (Å²) in [4.78, 5) is 26.5. The summed E-state index contributed by atoms with van der Waals surface area (Å²) in [7, 11) is 0. The van der Waals surface area contributed by atoms with Gasteiger partial charge in [-0.2, -0.15) is 5.10 Å². The summed E-state index contributed by atoms with van der Waals surface area (Å²) in [6.07, 6.45) is 6.58. The Kier molecular flexibility index (Phi) is 5.60. The third-order valence-corrected chi connectivity index (χ3v) is 5.19. The number of nitrogens with one attached hydrogen (secondary N) is 3. The molecule has 3 amide bonds. The molecule has 25 heavy (non-hydrogen) atoms. The zero-order valence-corrected chi connectivity index (χ0v) is 15.2. The van der Waals surface area contributed by atoms with Crippen LogP contribution < -0.4 is 10.6 Å². The Balaban J connectivity index is 1.47. The van der Waals surface area contributed by atoms with Crippen LogP contribution in [-0.4, -0.2) is 52.2 Å². The number of H-pyrrole nitrogens is 1. The van der Waals surface area contributed by atoms with Crippen molar-refractivity contribution in [1.82, 2.24) is 25.7 Å². The number of likely N-dealkylation sites (tertiary alicyclic amines) is 1. The molecule has 1 atom stereocenters. The van der Waals surface area contributed by atoms with Crippen molar-refractivity contribution in [1.29, 1.82) is 0 Å². The second-order valence-electron chi connectivity index (χ2n) is 7.55. The first-order valence-electron chi connectivity index (χ1n) is 9.44. The molecule has 1 aliphatic heterocycles. The molecular formula is C18H29N5O2.